The van der Waals surface area contributed by atoms with E-state index in [-0.39, 0.29) is 0 Å². The highest BCUT2D eigenvalue weighted by Gasteiger charge is 1.74. The van der Waals surface area contributed by atoms with Crippen LogP contribution in [-0.2, 0) is 0 Å². The summed E-state index contributed by atoms with van der Waals surface area (Å²) in [5, 5.41) is 10.2. The Morgan fingerprint density at radius 2 is 1.70 bits per heavy atom. The molecule has 0 amide bonds. The molecule has 0 fully saturated rings. The summed E-state index contributed by atoms with van der Waals surface area (Å²) in [5.41, 5.74) is 2.25. The van der Waals surface area contributed by atoms with Gasteiger partial charge in [-0.2, -0.15) is 4.73 Å². The molecule has 56 valence electrons. The third kappa shape index (κ3) is 5.02. The van der Waals surface area contributed by atoms with Crippen LogP contribution in [0.1, 0.15) is 0 Å². The highest BCUT2D eigenvalue weighted by molar-refractivity contribution is 4.83. The minimum atomic E-state index is 0.750. The van der Waals surface area contributed by atoms with Crippen molar-refractivity contribution in [2.75, 3.05) is 7.05 Å². The summed E-state index contributed by atoms with van der Waals surface area (Å²) in [4.78, 5) is 0. The fourth-order valence-electron chi connectivity index (χ4n) is 0.383. The van der Waals surface area contributed by atoms with E-state index in [1.165, 1.54) is 12.4 Å². The summed E-state index contributed by atoms with van der Waals surface area (Å²) >= 11 is 0. The second-order valence-corrected chi connectivity index (χ2v) is 1.52. The summed E-state index contributed by atoms with van der Waals surface area (Å²) in [6.45, 7) is 0. The van der Waals surface area contributed by atoms with Gasteiger partial charge in [0.25, 0.3) is 0 Å². The molecule has 3 N–H and O–H groups in total. The van der Waals surface area contributed by atoms with Gasteiger partial charge in [0.05, 0.1) is 0 Å². The predicted octanol–water partition coefficient (Wildman–Crippen LogP) is -0.600. The lowest BCUT2D eigenvalue weighted by Gasteiger charge is -1.88. The standard InChI is InChI=1S/C5H5NO.CH6N2/c7-6-4-2-1-3-5-6;1-3-2/h1-5H;3H,2H2,1H3. The van der Waals surface area contributed by atoms with Crippen molar-refractivity contribution in [1.82, 2.24) is 5.43 Å². The zero-order valence-electron chi connectivity index (χ0n) is 5.82. The number of hydrogen-bond acceptors (Lipinski definition) is 3. The van der Waals surface area contributed by atoms with Crippen LogP contribution < -0.4 is 16.0 Å². The third-order valence-electron chi connectivity index (χ3n) is 0.688. The monoisotopic (exact) mass is 141 g/mol. The molecule has 0 saturated heterocycles. The Kier molecular flexibility index (Phi) is 5.32. The van der Waals surface area contributed by atoms with Gasteiger partial charge < -0.3 is 5.21 Å². The second-order valence-electron chi connectivity index (χ2n) is 1.52. The van der Waals surface area contributed by atoms with Crippen LogP contribution in [0.25, 0.3) is 0 Å². The first-order valence-electron chi connectivity index (χ1n) is 2.82. The van der Waals surface area contributed by atoms with Gasteiger partial charge >= 0.3 is 0 Å². The Bertz CT molecular complexity index is 154. The number of hydrogen-bond donors (Lipinski definition) is 2. The highest BCUT2D eigenvalue weighted by atomic mass is 16.5. The van der Waals surface area contributed by atoms with Gasteiger partial charge in [-0.3, -0.25) is 11.3 Å². The van der Waals surface area contributed by atoms with Crippen LogP contribution in [0.2, 0.25) is 0 Å². The van der Waals surface area contributed by atoms with Crippen LogP contribution in [-0.4, -0.2) is 7.05 Å². The summed E-state index contributed by atoms with van der Waals surface area (Å²) in [7, 11) is 1.65. The van der Waals surface area contributed by atoms with Crippen molar-refractivity contribution >= 4 is 0 Å². The van der Waals surface area contributed by atoms with Gasteiger partial charge in [0.15, 0.2) is 12.4 Å². The molecule has 0 bridgehead atoms. The number of pyridine rings is 1. The Morgan fingerprint density at radius 1 is 1.30 bits per heavy atom. The van der Waals surface area contributed by atoms with E-state index in [1.807, 2.05) is 0 Å². The number of rotatable bonds is 0. The molecular weight excluding hydrogens is 130 g/mol. The predicted molar refractivity (Wildman–Crippen MR) is 38.6 cm³/mol. The van der Waals surface area contributed by atoms with Gasteiger partial charge in [0.2, 0.25) is 0 Å². The summed E-state index contributed by atoms with van der Waals surface area (Å²) in [5.74, 6) is 4.60. The van der Waals surface area contributed by atoms with E-state index in [2.05, 4.69) is 11.3 Å². The minimum absolute atomic E-state index is 0.750. The fraction of sp³-hybridized carbons (Fsp3) is 0.167. The molecule has 0 aliphatic carbocycles. The average Bonchev–Trinajstić information content (AvgIpc) is 1.91. The highest BCUT2D eigenvalue weighted by Crippen LogP contribution is 1.72. The summed E-state index contributed by atoms with van der Waals surface area (Å²) < 4.78 is 0.750. The van der Waals surface area contributed by atoms with Crippen LogP contribution in [0.4, 0.5) is 0 Å². The molecule has 0 saturated carbocycles. The van der Waals surface area contributed by atoms with Crippen molar-refractivity contribution < 1.29 is 4.73 Å². The zero-order valence-corrected chi connectivity index (χ0v) is 5.82. The molecule has 1 aromatic rings. The number of aromatic nitrogens is 1. The minimum Gasteiger partial charge on any atom is -0.619 e. The molecule has 0 spiro atoms. The molecule has 1 heterocycles. The SMILES string of the molecule is CNN.[O-][n+]1ccccc1. The fourth-order valence-corrected chi connectivity index (χ4v) is 0.383. The first kappa shape index (κ1) is 8.87. The van der Waals surface area contributed by atoms with E-state index in [1.54, 1.807) is 25.2 Å². The lowest BCUT2D eigenvalue weighted by atomic mass is 10.5. The van der Waals surface area contributed by atoms with Gasteiger partial charge in [-0.1, -0.05) is 6.07 Å². The Labute approximate surface area is 59.8 Å². The van der Waals surface area contributed by atoms with Crippen molar-refractivity contribution in [3.8, 4) is 0 Å². The van der Waals surface area contributed by atoms with Crippen LogP contribution in [0.15, 0.2) is 30.6 Å². The molecule has 1 aromatic heterocycles. The molecular formula is C6H11N3O. The Morgan fingerprint density at radius 3 is 1.90 bits per heavy atom. The first-order chi connectivity index (χ1) is 4.81. The smallest absolute Gasteiger partial charge is 0.180 e. The molecule has 0 unspecified atom stereocenters. The van der Waals surface area contributed by atoms with E-state index in [9.17, 15) is 5.21 Å². The van der Waals surface area contributed by atoms with E-state index < -0.39 is 0 Å². The van der Waals surface area contributed by atoms with E-state index >= 15 is 0 Å². The van der Waals surface area contributed by atoms with Crippen LogP contribution in [0.3, 0.4) is 0 Å². The number of hydrazine groups is 1. The molecule has 0 aromatic carbocycles. The molecule has 4 nitrogen and oxygen atoms in total. The lowest BCUT2D eigenvalue weighted by molar-refractivity contribution is -0.605. The largest absolute Gasteiger partial charge is 0.619 e. The van der Waals surface area contributed by atoms with Gasteiger partial charge in [-0.15, -0.1) is 0 Å². The maximum absolute atomic E-state index is 10.2. The first-order valence-corrected chi connectivity index (χ1v) is 2.82. The summed E-state index contributed by atoms with van der Waals surface area (Å²) in [6, 6.07) is 5.18. The van der Waals surface area contributed by atoms with Gasteiger partial charge in [-0.25, -0.2) is 0 Å². The molecule has 0 radical (unpaired) electrons. The Hall–Kier alpha value is -1.13. The van der Waals surface area contributed by atoms with Crippen molar-refractivity contribution in [3.63, 3.8) is 0 Å². The van der Waals surface area contributed by atoms with Crippen LogP contribution in [0, 0.1) is 5.21 Å². The van der Waals surface area contributed by atoms with Crippen molar-refractivity contribution in [1.29, 1.82) is 0 Å². The maximum atomic E-state index is 10.2. The van der Waals surface area contributed by atoms with Gasteiger partial charge in [-0.05, 0) is 7.05 Å². The van der Waals surface area contributed by atoms with Crippen molar-refractivity contribution in [2.45, 2.75) is 0 Å². The van der Waals surface area contributed by atoms with E-state index in [0.29, 0.717) is 0 Å². The van der Waals surface area contributed by atoms with Gasteiger partial charge in [0.1, 0.15) is 0 Å². The van der Waals surface area contributed by atoms with Crippen molar-refractivity contribution in [2.24, 2.45) is 5.84 Å². The molecule has 4 heteroatoms. The van der Waals surface area contributed by atoms with Crippen molar-refractivity contribution in [3.05, 3.63) is 35.8 Å². The molecule has 0 atom stereocenters. The number of nitrogens with two attached hydrogens (primary N) is 1. The molecule has 1 rings (SSSR count). The average molecular weight is 141 g/mol. The quantitative estimate of drug-likeness (QED) is 0.219. The van der Waals surface area contributed by atoms with Crippen LogP contribution >= 0.6 is 0 Å². The lowest BCUT2D eigenvalue weighted by Crippen LogP contribution is -2.22. The topological polar surface area (TPSA) is 65.0 Å². The Balaban J connectivity index is 0.000000236. The normalized spacial score (nSPS) is 7.80. The van der Waals surface area contributed by atoms with Gasteiger partial charge in [0, 0.05) is 12.1 Å². The summed E-state index contributed by atoms with van der Waals surface area (Å²) in [6.07, 6.45) is 2.89. The molecule has 0 aliphatic rings. The van der Waals surface area contributed by atoms with Crippen LogP contribution in [0.5, 0.6) is 0 Å². The number of nitrogens with zero attached hydrogens (tertiary/aromatic N) is 1. The third-order valence-corrected chi connectivity index (χ3v) is 0.688. The zero-order chi connectivity index (χ0) is 7.82. The number of nitrogens with one attached hydrogen (secondary N) is 1. The second kappa shape index (κ2) is 6.00. The van der Waals surface area contributed by atoms with E-state index in [0.717, 1.165) is 4.73 Å². The molecule has 10 heavy (non-hydrogen) atoms. The maximum Gasteiger partial charge on any atom is 0.180 e. The van der Waals surface area contributed by atoms with E-state index in [4.69, 9.17) is 0 Å². The molecule has 0 aliphatic heterocycles.